The third-order valence-corrected chi connectivity index (χ3v) is 9.82. The summed E-state index contributed by atoms with van der Waals surface area (Å²) in [6, 6.07) is 10.8. The van der Waals surface area contributed by atoms with Gasteiger partial charge in [-0.3, -0.25) is 0 Å². The molecule has 0 unspecified atom stereocenters. The normalized spacial score (nSPS) is 17.7. The van der Waals surface area contributed by atoms with Gasteiger partial charge in [-0.2, -0.15) is 0 Å². The van der Waals surface area contributed by atoms with Gasteiger partial charge in [0.25, 0.3) is 0 Å². The molecule has 3 rings (SSSR count). The molecule has 0 N–H and O–H groups in total. The first-order valence-corrected chi connectivity index (χ1v) is 16.3. The Labute approximate surface area is 201 Å². The van der Waals surface area contributed by atoms with Gasteiger partial charge in [-0.25, -0.2) is 9.97 Å². The number of unbranched alkanes of at least 4 members (excludes halogenated alkanes) is 3. The van der Waals surface area contributed by atoms with Crippen LogP contribution < -0.4 is 9.47 Å². The molecule has 0 radical (unpaired) electrons. The molecule has 1 fully saturated rings. The molecule has 2 atom stereocenters. The second-order valence-corrected chi connectivity index (χ2v) is 15.3. The molecule has 0 bridgehead atoms. The number of epoxide rings is 1. The number of aromatic nitrogens is 2. The Morgan fingerprint density at radius 1 is 0.818 bits per heavy atom. The molecule has 0 spiro atoms. The van der Waals surface area contributed by atoms with Gasteiger partial charge in [0.15, 0.2) is 11.6 Å². The lowest BCUT2D eigenvalue weighted by molar-refractivity contribution is 0.259. The van der Waals surface area contributed by atoms with Crippen LogP contribution in [0.2, 0.25) is 25.2 Å². The molecule has 2 heterocycles. The van der Waals surface area contributed by atoms with E-state index in [4.69, 9.17) is 14.2 Å². The molecule has 2 aromatic rings. The fourth-order valence-electron chi connectivity index (χ4n) is 4.08. The highest BCUT2D eigenvalue weighted by Crippen LogP contribution is 2.28. The second-order valence-electron chi connectivity index (χ2n) is 10.0. The zero-order valence-corrected chi connectivity index (χ0v) is 22.0. The highest BCUT2D eigenvalue weighted by molar-refractivity contribution is 6.77. The predicted molar refractivity (Wildman–Crippen MR) is 138 cm³/mol. The number of hydrogen-bond donors (Lipinski definition) is 0. The zero-order valence-electron chi connectivity index (χ0n) is 21.0. The maximum Gasteiger partial charge on any atom is 0.159 e. The number of hydrogen-bond acceptors (Lipinski definition) is 5. The lowest BCUT2D eigenvalue weighted by Gasteiger charge is -2.21. The van der Waals surface area contributed by atoms with Gasteiger partial charge >= 0.3 is 0 Å². The van der Waals surface area contributed by atoms with E-state index in [1.54, 1.807) is 12.4 Å². The summed E-state index contributed by atoms with van der Waals surface area (Å²) < 4.78 is 17.4. The van der Waals surface area contributed by atoms with Crippen molar-refractivity contribution in [2.45, 2.75) is 96.2 Å². The monoisotopic (exact) mass is 470 g/mol. The summed E-state index contributed by atoms with van der Waals surface area (Å²) in [4.78, 5) is 8.97. The van der Waals surface area contributed by atoms with E-state index in [-0.39, 0.29) is 6.10 Å². The number of rotatable bonds is 16. The molecule has 1 saturated heterocycles. The first kappa shape index (κ1) is 25.7. The van der Waals surface area contributed by atoms with Crippen molar-refractivity contribution in [2.24, 2.45) is 0 Å². The Balaban J connectivity index is 1.35. The minimum atomic E-state index is -1.01. The van der Waals surface area contributed by atoms with Gasteiger partial charge in [0.2, 0.25) is 0 Å². The van der Waals surface area contributed by atoms with Crippen LogP contribution in [-0.4, -0.2) is 43.5 Å². The summed E-state index contributed by atoms with van der Waals surface area (Å²) >= 11 is 0. The molecule has 182 valence electrons. The summed E-state index contributed by atoms with van der Waals surface area (Å²) in [5.74, 6) is 2.29. The molecule has 1 aliphatic rings. The first-order chi connectivity index (χ1) is 16.0. The van der Waals surface area contributed by atoms with Crippen LogP contribution in [0.5, 0.6) is 11.5 Å². The Morgan fingerprint density at radius 3 is 2.21 bits per heavy atom. The molecule has 6 heteroatoms. The number of nitrogens with zero attached hydrogens (tertiary/aromatic N) is 2. The first-order valence-electron chi connectivity index (χ1n) is 12.8. The van der Waals surface area contributed by atoms with Crippen molar-refractivity contribution < 1.29 is 14.2 Å². The van der Waals surface area contributed by atoms with E-state index in [0.29, 0.717) is 18.5 Å². The molecule has 1 aliphatic heterocycles. The van der Waals surface area contributed by atoms with E-state index >= 15 is 0 Å². The van der Waals surface area contributed by atoms with E-state index in [1.165, 1.54) is 44.2 Å². The lowest BCUT2D eigenvalue weighted by Crippen LogP contribution is -2.24. The fraction of sp³-hybridized carbons (Fsp3) is 0.630. The van der Waals surface area contributed by atoms with Crippen LogP contribution in [0.1, 0.15) is 58.8 Å². The molecule has 0 amide bonds. The molecular weight excluding hydrogens is 428 g/mol. The van der Waals surface area contributed by atoms with E-state index in [0.717, 1.165) is 36.5 Å². The van der Waals surface area contributed by atoms with Gasteiger partial charge in [0, 0.05) is 13.6 Å². The molecule has 33 heavy (non-hydrogen) atoms. The van der Waals surface area contributed by atoms with E-state index in [1.807, 2.05) is 24.3 Å². The summed E-state index contributed by atoms with van der Waals surface area (Å²) in [6.45, 7) is 10.9. The Hall–Kier alpha value is -1.92. The molecule has 0 aliphatic carbocycles. The highest BCUT2D eigenvalue weighted by atomic mass is 28.3. The van der Waals surface area contributed by atoms with Crippen LogP contribution in [0.3, 0.4) is 0 Å². The molecule has 1 aromatic heterocycles. The largest absolute Gasteiger partial charge is 0.491 e. The predicted octanol–water partition coefficient (Wildman–Crippen LogP) is 7.15. The highest BCUT2D eigenvalue weighted by Gasteiger charge is 2.38. The topological polar surface area (TPSA) is 56.8 Å². The zero-order chi connectivity index (χ0) is 23.5. The van der Waals surface area contributed by atoms with Crippen LogP contribution in [-0.2, 0) is 4.74 Å². The standard InChI is InChI=1S/C27H42N2O3Si/c1-5-7-11-25-26(32-25)21-31-23-14-12-22(13-15-23)27-28-19-24(20-29-27)30-16-9-10-18-33(3,4)17-8-6-2/h12-15,19-20,25-26H,5-11,16-18,21H2,1-4H3/t25-,26-/m0/s1. The van der Waals surface area contributed by atoms with E-state index in [9.17, 15) is 0 Å². The smallest absolute Gasteiger partial charge is 0.159 e. The van der Waals surface area contributed by atoms with E-state index in [2.05, 4.69) is 36.9 Å². The van der Waals surface area contributed by atoms with Crippen LogP contribution in [0, 0.1) is 0 Å². The molecule has 0 saturated carbocycles. The van der Waals surface area contributed by atoms with Gasteiger partial charge in [0.05, 0.1) is 25.1 Å². The Morgan fingerprint density at radius 2 is 1.52 bits per heavy atom. The fourth-order valence-corrected chi connectivity index (χ4v) is 6.85. The van der Waals surface area contributed by atoms with Gasteiger partial charge in [-0.05, 0) is 37.1 Å². The average Bonchev–Trinajstić information content (AvgIpc) is 3.59. The third-order valence-electron chi connectivity index (χ3n) is 6.41. The minimum absolute atomic E-state index is 0.252. The number of benzene rings is 1. The van der Waals surface area contributed by atoms with Crippen molar-refractivity contribution in [1.29, 1.82) is 0 Å². The van der Waals surface area contributed by atoms with Crippen molar-refractivity contribution in [3.8, 4) is 22.9 Å². The number of ether oxygens (including phenoxy) is 3. The SMILES string of the molecule is CCCC[C@@H]1O[C@H]1COc1ccc(-c2ncc(OCCCC[Si](C)(C)CCCC)cn2)cc1. The molecule has 1 aromatic carbocycles. The van der Waals surface area contributed by atoms with E-state index < -0.39 is 8.07 Å². The Kier molecular flexibility index (Phi) is 10.2. The Bertz CT molecular complexity index is 811. The lowest BCUT2D eigenvalue weighted by atomic mass is 10.1. The minimum Gasteiger partial charge on any atom is -0.491 e. The van der Waals surface area contributed by atoms with Crippen LogP contribution >= 0.6 is 0 Å². The third kappa shape index (κ3) is 9.09. The van der Waals surface area contributed by atoms with Gasteiger partial charge in [0.1, 0.15) is 18.5 Å². The van der Waals surface area contributed by atoms with Crippen molar-refractivity contribution in [1.82, 2.24) is 9.97 Å². The summed E-state index contributed by atoms with van der Waals surface area (Å²) in [5.41, 5.74) is 0.969. The maximum atomic E-state index is 5.87. The maximum absolute atomic E-state index is 5.87. The van der Waals surface area contributed by atoms with Gasteiger partial charge in [-0.1, -0.05) is 71.1 Å². The van der Waals surface area contributed by atoms with Crippen molar-refractivity contribution in [3.63, 3.8) is 0 Å². The van der Waals surface area contributed by atoms with Crippen LogP contribution in [0.4, 0.5) is 0 Å². The summed E-state index contributed by atoms with van der Waals surface area (Å²) in [6.07, 6.45) is 12.8. The second kappa shape index (κ2) is 13.1. The quantitative estimate of drug-likeness (QED) is 0.148. The van der Waals surface area contributed by atoms with Crippen molar-refractivity contribution in [2.75, 3.05) is 13.2 Å². The van der Waals surface area contributed by atoms with Gasteiger partial charge < -0.3 is 14.2 Å². The van der Waals surface area contributed by atoms with Crippen LogP contribution in [0.25, 0.3) is 11.4 Å². The summed E-state index contributed by atoms with van der Waals surface area (Å²) in [7, 11) is -1.01. The summed E-state index contributed by atoms with van der Waals surface area (Å²) in [5, 5.41) is 0. The average molecular weight is 471 g/mol. The van der Waals surface area contributed by atoms with Crippen LogP contribution in [0.15, 0.2) is 36.7 Å². The molecular formula is C27H42N2O3Si. The van der Waals surface area contributed by atoms with Crippen molar-refractivity contribution in [3.05, 3.63) is 36.7 Å². The molecule has 5 nitrogen and oxygen atoms in total. The van der Waals surface area contributed by atoms with Crippen molar-refractivity contribution >= 4 is 8.07 Å². The van der Waals surface area contributed by atoms with Gasteiger partial charge in [-0.15, -0.1) is 0 Å².